The van der Waals surface area contributed by atoms with Crippen molar-refractivity contribution in [2.24, 2.45) is 5.92 Å². The minimum absolute atomic E-state index is 0.266. The minimum Gasteiger partial charge on any atom is -0.455 e. The normalized spacial score (nSPS) is 18.4. The summed E-state index contributed by atoms with van der Waals surface area (Å²) in [5, 5.41) is 4.32. The van der Waals surface area contributed by atoms with Gasteiger partial charge in [-0.25, -0.2) is 0 Å². The summed E-state index contributed by atoms with van der Waals surface area (Å²) in [6, 6.07) is 15.7. The van der Waals surface area contributed by atoms with Crippen LogP contribution in [0.1, 0.15) is 44.9 Å². The molecule has 1 heterocycles. The molecule has 0 spiro atoms. The molecule has 0 unspecified atom stereocenters. The van der Waals surface area contributed by atoms with Crippen LogP contribution in [0.4, 0.5) is 5.69 Å². The molecule has 29 heavy (non-hydrogen) atoms. The molecule has 0 radical (unpaired) electrons. The topological polar surface area (TPSA) is 41.6 Å². The lowest BCUT2D eigenvalue weighted by molar-refractivity contribution is -0.137. The number of halogens is 1. The first-order chi connectivity index (χ1) is 14.2. The summed E-state index contributed by atoms with van der Waals surface area (Å²) in [5.41, 5.74) is 0.986. The number of nitrogens with zero attached hydrogens (tertiary/aromatic N) is 1. The molecule has 2 aliphatic rings. The van der Waals surface area contributed by atoms with Crippen LogP contribution in [0, 0.1) is 5.92 Å². The van der Waals surface area contributed by atoms with Crippen molar-refractivity contribution in [3.63, 3.8) is 0 Å². The second-order valence-corrected chi connectivity index (χ2v) is 8.57. The summed E-state index contributed by atoms with van der Waals surface area (Å²) in [7, 11) is 0. The molecule has 1 aliphatic carbocycles. The van der Waals surface area contributed by atoms with Crippen LogP contribution in [0.2, 0.25) is 5.02 Å². The fourth-order valence-electron chi connectivity index (χ4n) is 4.38. The Hall–Kier alpha value is -2.20. The first kappa shape index (κ1) is 20.1. The van der Waals surface area contributed by atoms with Gasteiger partial charge in [-0.1, -0.05) is 43.0 Å². The van der Waals surface area contributed by atoms with Gasteiger partial charge in [0.1, 0.15) is 5.75 Å². The number of hydrogen-bond donors (Lipinski definition) is 1. The smallest absolute Gasteiger partial charge is 0.225 e. The lowest BCUT2D eigenvalue weighted by Crippen LogP contribution is -2.45. The average molecular weight is 413 g/mol. The number of carbonyl (C=O) groups excluding carboxylic acids is 1. The maximum Gasteiger partial charge on any atom is 0.225 e. The standard InChI is InChI=1S/C24H29ClN2O2/c25-19-10-12-21(13-11-19)29-23-9-5-4-8-22(23)26-20-14-16-27(17-15-20)24(28)18-6-2-1-3-7-18/h4-5,8-13,18,20,26H,1-3,6-7,14-17H2. The Balaban J connectivity index is 1.33. The Morgan fingerprint density at radius 2 is 1.62 bits per heavy atom. The van der Waals surface area contributed by atoms with E-state index in [-0.39, 0.29) is 5.92 Å². The molecule has 2 aromatic rings. The van der Waals surface area contributed by atoms with E-state index in [4.69, 9.17) is 16.3 Å². The van der Waals surface area contributed by atoms with E-state index in [0.29, 0.717) is 17.0 Å². The molecule has 1 saturated heterocycles. The third-order valence-corrected chi connectivity index (χ3v) is 6.30. The number of carbonyl (C=O) groups is 1. The maximum atomic E-state index is 12.8. The number of nitrogens with one attached hydrogen (secondary N) is 1. The minimum atomic E-state index is 0.266. The highest BCUT2D eigenvalue weighted by Crippen LogP contribution is 2.32. The van der Waals surface area contributed by atoms with Crippen molar-refractivity contribution < 1.29 is 9.53 Å². The first-order valence-corrected chi connectivity index (χ1v) is 11.1. The van der Waals surface area contributed by atoms with Gasteiger partial charge in [0.05, 0.1) is 5.69 Å². The molecular formula is C24H29ClN2O2. The highest BCUT2D eigenvalue weighted by molar-refractivity contribution is 6.30. The number of para-hydroxylation sites is 2. The molecule has 0 atom stereocenters. The second kappa shape index (κ2) is 9.53. The predicted molar refractivity (Wildman–Crippen MR) is 118 cm³/mol. The third kappa shape index (κ3) is 5.24. The van der Waals surface area contributed by atoms with Gasteiger partial charge >= 0.3 is 0 Å². The summed E-state index contributed by atoms with van der Waals surface area (Å²) >= 11 is 5.96. The Bertz CT molecular complexity index is 810. The van der Waals surface area contributed by atoms with Gasteiger partial charge in [-0.05, 0) is 62.1 Å². The van der Waals surface area contributed by atoms with Crippen molar-refractivity contribution in [3.8, 4) is 11.5 Å². The zero-order valence-corrected chi connectivity index (χ0v) is 17.5. The first-order valence-electron chi connectivity index (χ1n) is 10.8. The van der Waals surface area contributed by atoms with E-state index in [9.17, 15) is 4.79 Å². The average Bonchev–Trinajstić information content (AvgIpc) is 2.77. The molecule has 1 amide bonds. The Morgan fingerprint density at radius 1 is 0.931 bits per heavy atom. The van der Waals surface area contributed by atoms with Gasteiger partial charge in [0.25, 0.3) is 0 Å². The lowest BCUT2D eigenvalue weighted by atomic mass is 9.87. The molecule has 4 nitrogen and oxygen atoms in total. The number of rotatable bonds is 5. The predicted octanol–water partition coefficient (Wildman–Crippen LogP) is 6.12. The molecule has 1 N–H and O–H groups in total. The monoisotopic (exact) mass is 412 g/mol. The van der Waals surface area contributed by atoms with E-state index in [0.717, 1.165) is 56.0 Å². The van der Waals surface area contributed by atoms with Crippen molar-refractivity contribution >= 4 is 23.2 Å². The van der Waals surface area contributed by atoms with Crippen LogP contribution in [0.25, 0.3) is 0 Å². The number of benzene rings is 2. The molecule has 154 valence electrons. The van der Waals surface area contributed by atoms with Crippen molar-refractivity contribution in [1.82, 2.24) is 4.90 Å². The van der Waals surface area contributed by atoms with Crippen LogP contribution < -0.4 is 10.1 Å². The SMILES string of the molecule is O=C(C1CCCCC1)N1CCC(Nc2ccccc2Oc2ccc(Cl)cc2)CC1. The van der Waals surface area contributed by atoms with Crippen LogP contribution in [-0.2, 0) is 4.79 Å². The van der Waals surface area contributed by atoms with Gasteiger partial charge in [-0.2, -0.15) is 0 Å². The fourth-order valence-corrected chi connectivity index (χ4v) is 4.50. The zero-order valence-electron chi connectivity index (χ0n) is 16.8. The van der Waals surface area contributed by atoms with Gasteiger partial charge in [0.15, 0.2) is 5.75 Å². The fraction of sp³-hybridized carbons (Fsp3) is 0.458. The summed E-state index contributed by atoms with van der Waals surface area (Å²) in [6.07, 6.45) is 7.78. The molecule has 2 aromatic carbocycles. The summed E-state index contributed by atoms with van der Waals surface area (Å²) < 4.78 is 6.06. The van der Waals surface area contributed by atoms with E-state index in [2.05, 4.69) is 10.2 Å². The van der Waals surface area contributed by atoms with Crippen molar-refractivity contribution in [2.45, 2.75) is 51.0 Å². The number of hydrogen-bond acceptors (Lipinski definition) is 3. The largest absolute Gasteiger partial charge is 0.455 e. The van der Waals surface area contributed by atoms with Gasteiger partial charge in [0.2, 0.25) is 5.91 Å². The summed E-state index contributed by atoms with van der Waals surface area (Å²) in [5.74, 6) is 2.21. The molecule has 4 rings (SSSR count). The van der Waals surface area contributed by atoms with Crippen LogP contribution in [0.5, 0.6) is 11.5 Å². The second-order valence-electron chi connectivity index (χ2n) is 8.13. The van der Waals surface area contributed by atoms with E-state index < -0.39 is 0 Å². The van der Waals surface area contributed by atoms with Gasteiger partial charge in [-0.3, -0.25) is 4.79 Å². The number of likely N-dealkylation sites (tertiary alicyclic amines) is 1. The molecule has 2 fully saturated rings. The van der Waals surface area contributed by atoms with Crippen LogP contribution in [0.15, 0.2) is 48.5 Å². The summed E-state index contributed by atoms with van der Waals surface area (Å²) in [4.78, 5) is 14.9. The lowest BCUT2D eigenvalue weighted by Gasteiger charge is -2.36. The number of anilines is 1. The molecule has 0 bridgehead atoms. The van der Waals surface area contributed by atoms with Crippen LogP contribution in [0.3, 0.4) is 0 Å². The Labute approximate surface area is 178 Å². The number of piperidine rings is 1. The summed E-state index contributed by atoms with van der Waals surface area (Å²) in [6.45, 7) is 1.68. The van der Waals surface area contributed by atoms with Crippen LogP contribution >= 0.6 is 11.6 Å². The quantitative estimate of drug-likeness (QED) is 0.643. The van der Waals surface area contributed by atoms with Gasteiger partial charge in [-0.15, -0.1) is 0 Å². The van der Waals surface area contributed by atoms with Gasteiger partial charge in [0, 0.05) is 30.1 Å². The maximum absolute atomic E-state index is 12.8. The molecule has 5 heteroatoms. The molecule has 1 aliphatic heterocycles. The Kier molecular flexibility index (Phi) is 6.60. The van der Waals surface area contributed by atoms with E-state index >= 15 is 0 Å². The Morgan fingerprint density at radius 3 is 2.34 bits per heavy atom. The van der Waals surface area contributed by atoms with E-state index in [1.165, 1.54) is 19.3 Å². The van der Waals surface area contributed by atoms with Crippen molar-refractivity contribution in [2.75, 3.05) is 18.4 Å². The van der Waals surface area contributed by atoms with Crippen LogP contribution in [-0.4, -0.2) is 29.9 Å². The van der Waals surface area contributed by atoms with Crippen molar-refractivity contribution in [1.29, 1.82) is 0 Å². The van der Waals surface area contributed by atoms with E-state index in [1.807, 2.05) is 48.5 Å². The molecule has 0 aromatic heterocycles. The zero-order chi connectivity index (χ0) is 20.1. The highest BCUT2D eigenvalue weighted by Gasteiger charge is 2.29. The molecule has 1 saturated carbocycles. The van der Waals surface area contributed by atoms with Crippen molar-refractivity contribution in [3.05, 3.63) is 53.6 Å². The number of ether oxygens (including phenoxy) is 1. The third-order valence-electron chi connectivity index (χ3n) is 6.05. The molecular weight excluding hydrogens is 384 g/mol. The van der Waals surface area contributed by atoms with Gasteiger partial charge < -0.3 is 15.0 Å². The van der Waals surface area contributed by atoms with E-state index in [1.54, 1.807) is 0 Å². The highest BCUT2D eigenvalue weighted by atomic mass is 35.5. The number of amides is 1.